The Hall–Kier alpha value is 0.0800. The minimum atomic E-state index is -3.34. The Morgan fingerprint density at radius 2 is 1.48 bits per heavy atom. The Labute approximate surface area is 129 Å². The topological polar surface area (TPSA) is 61.8 Å². The van der Waals surface area contributed by atoms with Crippen molar-refractivity contribution in [2.75, 3.05) is 31.9 Å². The number of rotatable bonds is 14. The first-order chi connectivity index (χ1) is 9.95. The van der Waals surface area contributed by atoms with E-state index in [1.165, 1.54) is 0 Å². The van der Waals surface area contributed by atoms with Crippen molar-refractivity contribution in [2.24, 2.45) is 0 Å². The Bertz CT molecular complexity index is 360. The van der Waals surface area contributed by atoms with Gasteiger partial charge in [-0.05, 0) is 40.0 Å². The summed E-state index contributed by atoms with van der Waals surface area (Å²) in [7, 11) is -6.32. The molecule has 0 radical (unpaired) electrons. The summed E-state index contributed by atoms with van der Waals surface area (Å²) >= 11 is 0. The molecule has 0 saturated heterocycles. The lowest BCUT2D eigenvalue weighted by molar-refractivity contribution is 0.222. The highest BCUT2D eigenvalue weighted by Crippen LogP contribution is 2.63. The minimum absolute atomic E-state index is 0.128. The molecular weight excluding hydrogens is 310 g/mol. The lowest BCUT2D eigenvalue weighted by Crippen LogP contribution is -2.06. The smallest absolute Gasteiger partial charge is 0.328 e. The minimum Gasteiger partial charge on any atom is -0.328 e. The fourth-order valence-electron chi connectivity index (χ4n) is 2.01. The summed E-state index contributed by atoms with van der Waals surface area (Å²) in [6.45, 7) is 9.82. The van der Waals surface area contributed by atoms with Crippen LogP contribution in [0.15, 0.2) is 12.7 Å². The zero-order chi connectivity index (χ0) is 16.2. The van der Waals surface area contributed by atoms with E-state index in [-0.39, 0.29) is 19.1 Å². The predicted octanol–water partition coefficient (Wildman–Crippen LogP) is 5.27. The van der Waals surface area contributed by atoms with E-state index in [0.29, 0.717) is 12.8 Å². The highest BCUT2D eigenvalue weighted by atomic mass is 31.2. The van der Waals surface area contributed by atoms with Gasteiger partial charge in [-0.3, -0.25) is 9.13 Å². The average molecular weight is 340 g/mol. The van der Waals surface area contributed by atoms with Gasteiger partial charge in [-0.1, -0.05) is 12.5 Å². The van der Waals surface area contributed by atoms with E-state index in [0.717, 1.165) is 25.7 Å². The van der Waals surface area contributed by atoms with Gasteiger partial charge in [0.1, 0.15) is 5.90 Å². The largest absolute Gasteiger partial charge is 0.340 e. The molecule has 126 valence electrons. The lowest BCUT2D eigenvalue weighted by Gasteiger charge is -2.23. The van der Waals surface area contributed by atoms with E-state index in [1.807, 2.05) is 6.08 Å². The maximum absolute atomic E-state index is 12.8. The SMILES string of the molecule is C=CCCCCC[P@](=O)(CP(=O)(OCC)OCC)OCC. The Balaban J connectivity index is 4.64. The molecule has 0 N–H and O–H groups in total. The van der Waals surface area contributed by atoms with Gasteiger partial charge in [0.2, 0.25) is 7.37 Å². The summed E-state index contributed by atoms with van der Waals surface area (Å²) in [5.41, 5.74) is 0. The van der Waals surface area contributed by atoms with E-state index in [2.05, 4.69) is 6.58 Å². The van der Waals surface area contributed by atoms with Crippen LogP contribution in [0, 0.1) is 0 Å². The Morgan fingerprint density at radius 1 is 0.905 bits per heavy atom. The molecule has 0 rings (SSSR count). The normalized spacial score (nSPS) is 14.8. The molecule has 5 nitrogen and oxygen atoms in total. The fourth-order valence-corrected chi connectivity index (χ4v) is 7.83. The second kappa shape index (κ2) is 11.6. The van der Waals surface area contributed by atoms with Crippen LogP contribution in [0.1, 0.15) is 46.5 Å². The summed E-state index contributed by atoms with van der Waals surface area (Å²) in [4.78, 5) is 0. The molecule has 7 heteroatoms. The molecular formula is C14H30O5P2. The molecule has 0 aliphatic carbocycles. The maximum Gasteiger partial charge on any atom is 0.340 e. The van der Waals surface area contributed by atoms with Crippen molar-refractivity contribution in [1.29, 1.82) is 0 Å². The standard InChI is InChI=1S/C14H30O5P2/c1-5-9-10-11-12-13-20(15,17-6-2)14-21(16,18-7-3)19-8-4/h5H,1,6-14H2,2-4H3/t20-/m1/s1. The van der Waals surface area contributed by atoms with E-state index in [4.69, 9.17) is 13.6 Å². The van der Waals surface area contributed by atoms with Crippen molar-refractivity contribution in [3.05, 3.63) is 12.7 Å². The number of allylic oxidation sites excluding steroid dienone is 1. The molecule has 0 bridgehead atoms. The van der Waals surface area contributed by atoms with Gasteiger partial charge in [-0.15, -0.1) is 6.58 Å². The van der Waals surface area contributed by atoms with Gasteiger partial charge in [0, 0.05) is 6.16 Å². The Kier molecular flexibility index (Phi) is 11.7. The second-order valence-corrected chi connectivity index (χ2v) is 9.89. The highest BCUT2D eigenvalue weighted by molar-refractivity contribution is 7.73. The predicted molar refractivity (Wildman–Crippen MR) is 88.5 cm³/mol. The quantitative estimate of drug-likeness (QED) is 0.245. The van der Waals surface area contributed by atoms with Gasteiger partial charge < -0.3 is 13.6 Å². The molecule has 0 heterocycles. The van der Waals surface area contributed by atoms with Crippen LogP contribution in [0.5, 0.6) is 0 Å². The molecule has 0 saturated carbocycles. The second-order valence-electron chi connectivity index (χ2n) is 4.68. The zero-order valence-electron chi connectivity index (χ0n) is 13.6. The van der Waals surface area contributed by atoms with E-state index >= 15 is 0 Å². The molecule has 0 aliphatic heterocycles. The fraction of sp³-hybridized carbons (Fsp3) is 0.857. The molecule has 0 aromatic carbocycles. The molecule has 0 aliphatic rings. The number of hydrogen-bond donors (Lipinski definition) is 0. The van der Waals surface area contributed by atoms with E-state index in [9.17, 15) is 9.13 Å². The van der Waals surface area contributed by atoms with Crippen molar-refractivity contribution in [1.82, 2.24) is 0 Å². The molecule has 0 fully saturated rings. The molecule has 21 heavy (non-hydrogen) atoms. The van der Waals surface area contributed by atoms with E-state index < -0.39 is 15.0 Å². The first kappa shape index (κ1) is 21.1. The van der Waals surface area contributed by atoms with Crippen molar-refractivity contribution < 1.29 is 22.7 Å². The third-order valence-corrected chi connectivity index (χ3v) is 8.95. The zero-order valence-corrected chi connectivity index (χ0v) is 15.4. The molecule has 1 atom stereocenters. The monoisotopic (exact) mass is 340 g/mol. The number of unbranched alkanes of at least 4 members (excludes halogenated alkanes) is 3. The van der Waals surface area contributed by atoms with Crippen LogP contribution >= 0.6 is 15.0 Å². The molecule has 0 amide bonds. The molecule has 0 spiro atoms. The van der Waals surface area contributed by atoms with Crippen LogP contribution in [0.4, 0.5) is 0 Å². The first-order valence-corrected chi connectivity index (χ1v) is 11.4. The Morgan fingerprint density at radius 3 is 1.95 bits per heavy atom. The van der Waals surface area contributed by atoms with Crippen LogP contribution < -0.4 is 0 Å². The third kappa shape index (κ3) is 9.65. The summed E-state index contributed by atoms with van der Waals surface area (Å²) < 4.78 is 41.2. The molecule has 0 aromatic rings. The lowest BCUT2D eigenvalue weighted by atomic mass is 10.2. The maximum atomic E-state index is 12.8. The highest BCUT2D eigenvalue weighted by Gasteiger charge is 2.36. The average Bonchev–Trinajstić information content (AvgIpc) is 2.38. The van der Waals surface area contributed by atoms with Gasteiger partial charge in [-0.25, -0.2) is 0 Å². The van der Waals surface area contributed by atoms with Crippen molar-refractivity contribution in [2.45, 2.75) is 46.5 Å². The van der Waals surface area contributed by atoms with Crippen LogP contribution in [0.3, 0.4) is 0 Å². The van der Waals surface area contributed by atoms with Crippen LogP contribution in [-0.2, 0) is 22.7 Å². The van der Waals surface area contributed by atoms with Crippen LogP contribution in [0.25, 0.3) is 0 Å². The molecule has 0 aromatic heterocycles. The van der Waals surface area contributed by atoms with Crippen molar-refractivity contribution in [3.8, 4) is 0 Å². The van der Waals surface area contributed by atoms with Gasteiger partial charge in [-0.2, -0.15) is 0 Å². The van der Waals surface area contributed by atoms with Gasteiger partial charge in [0.05, 0.1) is 19.8 Å². The summed E-state index contributed by atoms with van der Waals surface area (Å²) in [5, 5.41) is 0. The summed E-state index contributed by atoms with van der Waals surface area (Å²) in [6, 6.07) is 0. The first-order valence-electron chi connectivity index (χ1n) is 7.67. The van der Waals surface area contributed by atoms with Crippen LogP contribution in [0.2, 0.25) is 0 Å². The van der Waals surface area contributed by atoms with Gasteiger partial charge in [0.25, 0.3) is 0 Å². The van der Waals surface area contributed by atoms with E-state index in [1.54, 1.807) is 20.8 Å². The number of hydrogen-bond acceptors (Lipinski definition) is 5. The third-order valence-electron chi connectivity index (χ3n) is 2.81. The molecule has 0 unspecified atom stereocenters. The van der Waals surface area contributed by atoms with Crippen LogP contribution in [-0.4, -0.2) is 31.9 Å². The van der Waals surface area contributed by atoms with Gasteiger partial charge >= 0.3 is 7.60 Å². The summed E-state index contributed by atoms with van der Waals surface area (Å²) in [5.74, 6) is -0.128. The summed E-state index contributed by atoms with van der Waals surface area (Å²) in [6.07, 6.45) is 6.00. The van der Waals surface area contributed by atoms with Crippen molar-refractivity contribution in [3.63, 3.8) is 0 Å². The van der Waals surface area contributed by atoms with Crippen molar-refractivity contribution >= 4 is 15.0 Å². The van der Waals surface area contributed by atoms with Gasteiger partial charge in [0.15, 0.2) is 0 Å².